The number of carbonyl (C=O) groups is 1. The summed E-state index contributed by atoms with van der Waals surface area (Å²) in [6, 6.07) is 0.997. The first-order chi connectivity index (χ1) is 8.90. The molecule has 20 heavy (non-hydrogen) atoms. The largest absolute Gasteiger partial charge is 0.338 e. The Balaban J connectivity index is 0.00000200. The van der Waals surface area contributed by atoms with E-state index in [1.165, 1.54) is 4.90 Å². The minimum absolute atomic E-state index is 0. The predicted octanol–water partition coefficient (Wildman–Crippen LogP) is 2.34. The lowest BCUT2D eigenvalue weighted by atomic mass is 9.94. The monoisotopic (exact) mass is 308 g/mol. The van der Waals surface area contributed by atoms with Crippen molar-refractivity contribution in [1.82, 2.24) is 4.90 Å². The van der Waals surface area contributed by atoms with Gasteiger partial charge in [0.2, 0.25) is 0 Å². The maximum Gasteiger partial charge on any atom is 0.259 e. The Kier molecular flexibility index (Phi) is 5.42. The number of benzene rings is 1. The number of nitrogens with zero attached hydrogens (tertiary/aromatic N) is 1. The number of rotatable bonds is 1. The summed E-state index contributed by atoms with van der Waals surface area (Å²) >= 11 is 0. The fourth-order valence-corrected chi connectivity index (χ4v) is 2.25. The molecular weight excluding hydrogens is 293 g/mol. The van der Waals surface area contributed by atoms with Crippen molar-refractivity contribution in [2.75, 3.05) is 13.1 Å². The van der Waals surface area contributed by atoms with Crippen molar-refractivity contribution in [3.05, 3.63) is 35.1 Å². The number of hydrogen-bond acceptors (Lipinski definition) is 2. The molecule has 1 amide bonds. The summed E-state index contributed by atoms with van der Waals surface area (Å²) in [6.07, 6.45) is 0.581. The normalized spacial score (nSPS) is 22.4. The molecule has 0 aromatic heterocycles. The van der Waals surface area contributed by atoms with Crippen LogP contribution in [0.4, 0.5) is 13.2 Å². The molecular formula is C13H16ClF3N2O. The van der Waals surface area contributed by atoms with Gasteiger partial charge in [-0.15, -0.1) is 12.4 Å². The highest BCUT2D eigenvalue weighted by atomic mass is 35.5. The van der Waals surface area contributed by atoms with Gasteiger partial charge in [-0.2, -0.15) is 0 Å². The fourth-order valence-electron chi connectivity index (χ4n) is 2.25. The summed E-state index contributed by atoms with van der Waals surface area (Å²) in [5, 5.41) is 0. The van der Waals surface area contributed by atoms with Gasteiger partial charge in [-0.05, 0) is 12.3 Å². The molecule has 0 aliphatic carbocycles. The molecule has 1 aliphatic heterocycles. The van der Waals surface area contributed by atoms with Gasteiger partial charge in [0.05, 0.1) is 0 Å². The van der Waals surface area contributed by atoms with Crippen LogP contribution in [-0.4, -0.2) is 29.9 Å². The molecule has 0 radical (unpaired) electrons. The first-order valence-corrected chi connectivity index (χ1v) is 6.09. The van der Waals surface area contributed by atoms with Crippen LogP contribution in [0, 0.1) is 23.4 Å². The molecule has 1 aromatic carbocycles. The summed E-state index contributed by atoms with van der Waals surface area (Å²) in [7, 11) is 0. The molecule has 1 saturated heterocycles. The molecule has 0 spiro atoms. The second-order valence-corrected chi connectivity index (χ2v) is 4.93. The fraction of sp³-hybridized carbons (Fsp3) is 0.462. The maximum absolute atomic E-state index is 13.5. The van der Waals surface area contributed by atoms with E-state index in [1.807, 2.05) is 6.92 Å². The molecule has 2 unspecified atom stereocenters. The molecule has 1 aliphatic rings. The first-order valence-electron chi connectivity index (χ1n) is 6.09. The average molecular weight is 309 g/mol. The molecule has 7 heteroatoms. The van der Waals surface area contributed by atoms with Gasteiger partial charge >= 0.3 is 0 Å². The molecule has 2 atom stereocenters. The van der Waals surface area contributed by atoms with Crippen LogP contribution in [0.2, 0.25) is 0 Å². The van der Waals surface area contributed by atoms with E-state index in [1.54, 1.807) is 0 Å². The van der Waals surface area contributed by atoms with Gasteiger partial charge in [-0.3, -0.25) is 4.79 Å². The number of hydrogen-bond donors (Lipinski definition) is 1. The van der Waals surface area contributed by atoms with Crippen molar-refractivity contribution in [3.8, 4) is 0 Å². The van der Waals surface area contributed by atoms with E-state index in [2.05, 4.69) is 0 Å². The third-order valence-electron chi connectivity index (χ3n) is 3.48. The standard InChI is InChI=1S/C13H15F3N2O.ClH/c1-7-6-18(3-2-11(7)17)13(19)12-9(15)4-8(14)5-10(12)16;/h4-5,7,11H,2-3,6,17H2,1H3;1H. The van der Waals surface area contributed by atoms with Gasteiger partial charge < -0.3 is 10.6 Å². The predicted molar refractivity (Wildman–Crippen MR) is 71.2 cm³/mol. The summed E-state index contributed by atoms with van der Waals surface area (Å²) < 4.78 is 39.9. The molecule has 2 rings (SSSR count). The van der Waals surface area contributed by atoms with E-state index in [0.717, 1.165) is 0 Å². The minimum atomic E-state index is -1.18. The maximum atomic E-state index is 13.5. The summed E-state index contributed by atoms with van der Waals surface area (Å²) in [5.74, 6) is -4.09. The third-order valence-corrected chi connectivity index (χ3v) is 3.48. The van der Waals surface area contributed by atoms with Gasteiger partial charge in [0.1, 0.15) is 23.0 Å². The van der Waals surface area contributed by atoms with Gasteiger partial charge in [0.15, 0.2) is 0 Å². The van der Waals surface area contributed by atoms with Crippen molar-refractivity contribution in [2.24, 2.45) is 11.7 Å². The highest BCUT2D eigenvalue weighted by Crippen LogP contribution is 2.21. The SMILES string of the molecule is CC1CN(C(=O)c2c(F)cc(F)cc2F)CCC1N.Cl. The van der Waals surface area contributed by atoms with E-state index in [4.69, 9.17) is 5.73 Å². The van der Waals surface area contributed by atoms with Crippen molar-refractivity contribution >= 4 is 18.3 Å². The number of amides is 1. The lowest BCUT2D eigenvalue weighted by molar-refractivity contribution is 0.0654. The Morgan fingerprint density at radius 2 is 1.85 bits per heavy atom. The van der Waals surface area contributed by atoms with Crippen molar-refractivity contribution in [2.45, 2.75) is 19.4 Å². The minimum Gasteiger partial charge on any atom is -0.338 e. The van der Waals surface area contributed by atoms with Crippen LogP contribution in [-0.2, 0) is 0 Å². The first kappa shape index (κ1) is 16.8. The quantitative estimate of drug-likeness (QED) is 0.865. The Hall–Kier alpha value is -1.27. The molecule has 1 aromatic rings. The number of halogens is 4. The van der Waals surface area contributed by atoms with Crippen LogP contribution in [0.1, 0.15) is 23.7 Å². The zero-order chi connectivity index (χ0) is 14.2. The van der Waals surface area contributed by atoms with Crippen molar-refractivity contribution in [1.29, 1.82) is 0 Å². The lowest BCUT2D eigenvalue weighted by Crippen LogP contribution is -2.48. The van der Waals surface area contributed by atoms with Crippen LogP contribution >= 0.6 is 12.4 Å². The molecule has 0 bridgehead atoms. The van der Waals surface area contributed by atoms with Gasteiger partial charge in [-0.25, -0.2) is 13.2 Å². The van der Waals surface area contributed by atoms with Crippen LogP contribution in [0.5, 0.6) is 0 Å². The zero-order valence-corrected chi connectivity index (χ0v) is 11.7. The molecule has 0 saturated carbocycles. The Morgan fingerprint density at radius 3 is 2.35 bits per heavy atom. The van der Waals surface area contributed by atoms with Crippen LogP contribution in [0.25, 0.3) is 0 Å². The van der Waals surface area contributed by atoms with Crippen LogP contribution < -0.4 is 5.73 Å². The Labute approximate surface area is 121 Å². The third kappa shape index (κ3) is 3.24. The van der Waals surface area contributed by atoms with Gasteiger partial charge in [0, 0.05) is 31.3 Å². The van der Waals surface area contributed by atoms with E-state index in [0.29, 0.717) is 31.6 Å². The van der Waals surface area contributed by atoms with Crippen molar-refractivity contribution in [3.63, 3.8) is 0 Å². The second kappa shape index (κ2) is 6.45. The van der Waals surface area contributed by atoms with Gasteiger partial charge in [0.25, 0.3) is 5.91 Å². The molecule has 112 valence electrons. The number of carbonyl (C=O) groups excluding carboxylic acids is 1. The second-order valence-electron chi connectivity index (χ2n) is 4.93. The summed E-state index contributed by atoms with van der Waals surface area (Å²) in [4.78, 5) is 13.4. The van der Waals surface area contributed by atoms with E-state index < -0.39 is 28.9 Å². The molecule has 2 N–H and O–H groups in total. The summed E-state index contributed by atoms with van der Waals surface area (Å²) in [5.41, 5.74) is 5.12. The number of likely N-dealkylation sites (tertiary alicyclic amines) is 1. The molecule has 1 fully saturated rings. The lowest BCUT2D eigenvalue weighted by Gasteiger charge is -2.35. The van der Waals surface area contributed by atoms with Crippen LogP contribution in [0.3, 0.4) is 0 Å². The topological polar surface area (TPSA) is 46.3 Å². The Bertz CT molecular complexity index is 489. The highest BCUT2D eigenvalue weighted by Gasteiger charge is 2.30. The Morgan fingerprint density at radius 1 is 1.30 bits per heavy atom. The van der Waals surface area contributed by atoms with Crippen molar-refractivity contribution < 1.29 is 18.0 Å². The zero-order valence-electron chi connectivity index (χ0n) is 10.9. The van der Waals surface area contributed by atoms with E-state index in [9.17, 15) is 18.0 Å². The molecule has 1 heterocycles. The summed E-state index contributed by atoms with van der Waals surface area (Å²) in [6.45, 7) is 2.57. The van der Waals surface area contributed by atoms with Crippen LogP contribution in [0.15, 0.2) is 12.1 Å². The average Bonchev–Trinajstić information content (AvgIpc) is 2.31. The smallest absolute Gasteiger partial charge is 0.259 e. The van der Waals surface area contributed by atoms with Gasteiger partial charge in [-0.1, -0.05) is 6.92 Å². The van der Waals surface area contributed by atoms with E-state index in [-0.39, 0.29) is 24.4 Å². The number of piperidine rings is 1. The molecule has 3 nitrogen and oxygen atoms in total. The van der Waals surface area contributed by atoms with E-state index >= 15 is 0 Å². The number of nitrogens with two attached hydrogens (primary N) is 1. The highest BCUT2D eigenvalue weighted by molar-refractivity contribution is 5.94.